The van der Waals surface area contributed by atoms with E-state index >= 15 is 0 Å². The van der Waals surface area contributed by atoms with E-state index in [1.165, 1.54) is 11.1 Å². The molecule has 0 atom stereocenters. The first kappa shape index (κ1) is 10.4. The molecule has 0 amide bonds. The molecule has 88 valence electrons. The van der Waals surface area contributed by atoms with Gasteiger partial charge in [0.1, 0.15) is 11.4 Å². The van der Waals surface area contributed by atoms with Crippen LogP contribution in [0.1, 0.15) is 25.8 Å². The molecule has 3 heteroatoms. The van der Waals surface area contributed by atoms with Gasteiger partial charge >= 0.3 is 0 Å². The second-order valence-corrected chi connectivity index (χ2v) is 5.15. The summed E-state index contributed by atoms with van der Waals surface area (Å²) in [6.45, 7) is 4.28. The van der Waals surface area contributed by atoms with E-state index in [-0.39, 0.29) is 5.60 Å². The van der Waals surface area contributed by atoms with Gasteiger partial charge in [-0.05, 0) is 56.5 Å². The second kappa shape index (κ2) is 3.62. The molecule has 0 radical (unpaired) electrons. The zero-order valence-corrected chi connectivity index (χ0v) is 10.2. The number of hydrogen-bond donors (Lipinski definition) is 1. The second-order valence-electron chi connectivity index (χ2n) is 5.15. The fourth-order valence-electron chi connectivity index (χ4n) is 2.24. The lowest BCUT2D eigenvalue weighted by atomic mass is 9.93. The molecule has 1 aliphatic heterocycles. The van der Waals surface area contributed by atoms with Gasteiger partial charge in [-0.25, -0.2) is 0 Å². The predicted molar refractivity (Wildman–Crippen MR) is 67.1 cm³/mol. The van der Waals surface area contributed by atoms with Crippen LogP contribution in [0.4, 0.5) is 0 Å². The number of hydrogen-bond acceptors (Lipinski definition) is 2. The summed E-state index contributed by atoms with van der Waals surface area (Å²) in [4.78, 5) is 0. The molecule has 2 heterocycles. The zero-order valence-electron chi connectivity index (χ0n) is 10.2. The fraction of sp³-hybridized carbons (Fsp3) is 0.357. The molecule has 0 saturated heterocycles. The van der Waals surface area contributed by atoms with Gasteiger partial charge in [-0.15, -0.1) is 0 Å². The quantitative estimate of drug-likeness (QED) is 0.814. The third-order valence-electron chi connectivity index (χ3n) is 3.25. The van der Waals surface area contributed by atoms with Crippen molar-refractivity contribution >= 4 is 0 Å². The Kier molecular flexibility index (Phi) is 2.21. The van der Waals surface area contributed by atoms with Crippen LogP contribution in [-0.4, -0.2) is 15.8 Å². The van der Waals surface area contributed by atoms with Crippen molar-refractivity contribution in [2.45, 2.75) is 32.3 Å². The minimum Gasteiger partial charge on any atom is -0.488 e. The zero-order chi connectivity index (χ0) is 11.9. The molecule has 0 bridgehead atoms. The molecule has 1 aromatic carbocycles. The predicted octanol–water partition coefficient (Wildman–Crippen LogP) is 3.18. The Bertz CT molecular complexity index is 529. The molecule has 0 spiro atoms. The van der Waals surface area contributed by atoms with Crippen LogP contribution in [0.3, 0.4) is 0 Å². The average molecular weight is 228 g/mol. The number of nitrogens with one attached hydrogen (secondary N) is 1. The van der Waals surface area contributed by atoms with Crippen LogP contribution in [0.5, 0.6) is 5.75 Å². The maximum Gasteiger partial charge on any atom is 0.123 e. The first-order chi connectivity index (χ1) is 8.14. The van der Waals surface area contributed by atoms with Crippen LogP contribution in [-0.2, 0) is 6.42 Å². The minimum atomic E-state index is -0.0392. The normalized spacial score (nSPS) is 17.3. The van der Waals surface area contributed by atoms with Crippen LogP contribution >= 0.6 is 0 Å². The molecule has 1 aliphatic rings. The van der Waals surface area contributed by atoms with Crippen molar-refractivity contribution < 1.29 is 4.74 Å². The third-order valence-corrected chi connectivity index (χ3v) is 3.25. The molecule has 0 aliphatic carbocycles. The van der Waals surface area contributed by atoms with Gasteiger partial charge in [-0.2, -0.15) is 5.10 Å². The van der Waals surface area contributed by atoms with E-state index < -0.39 is 0 Å². The van der Waals surface area contributed by atoms with E-state index in [2.05, 4.69) is 42.2 Å². The Morgan fingerprint density at radius 1 is 1.29 bits per heavy atom. The van der Waals surface area contributed by atoms with Gasteiger partial charge in [0.2, 0.25) is 0 Å². The monoisotopic (exact) mass is 228 g/mol. The smallest absolute Gasteiger partial charge is 0.123 e. The van der Waals surface area contributed by atoms with Crippen LogP contribution in [0.15, 0.2) is 30.5 Å². The van der Waals surface area contributed by atoms with E-state index in [0.717, 1.165) is 24.3 Å². The highest BCUT2D eigenvalue weighted by atomic mass is 16.5. The molecule has 3 nitrogen and oxygen atoms in total. The molecule has 17 heavy (non-hydrogen) atoms. The van der Waals surface area contributed by atoms with Crippen LogP contribution in [0.25, 0.3) is 11.3 Å². The number of ether oxygens (including phenoxy) is 1. The number of fused-ring (bicyclic) bond motifs is 1. The maximum absolute atomic E-state index is 5.97. The van der Waals surface area contributed by atoms with Gasteiger partial charge in [0.25, 0.3) is 0 Å². The first-order valence-corrected chi connectivity index (χ1v) is 5.96. The number of benzene rings is 1. The lowest BCUT2D eigenvalue weighted by Gasteiger charge is -2.32. The highest BCUT2D eigenvalue weighted by Gasteiger charge is 2.26. The Labute approximate surface area is 101 Å². The largest absolute Gasteiger partial charge is 0.488 e. The Morgan fingerprint density at radius 2 is 2.18 bits per heavy atom. The first-order valence-electron chi connectivity index (χ1n) is 5.96. The molecule has 0 fully saturated rings. The standard InChI is InChI=1S/C14H16N2O/c1-14(2)7-5-11-9-10(3-4-13(11)17-14)12-6-8-15-16-12/h3-4,6,8-9H,5,7H2,1-2H3,(H,15,16). The third kappa shape index (κ3) is 1.93. The average Bonchev–Trinajstić information content (AvgIpc) is 2.81. The summed E-state index contributed by atoms with van der Waals surface area (Å²) < 4.78 is 5.97. The number of H-pyrrole nitrogens is 1. The van der Waals surface area contributed by atoms with Gasteiger partial charge in [-0.3, -0.25) is 5.10 Å². The van der Waals surface area contributed by atoms with Gasteiger partial charge in [0, 0.05) is 11.8 Å². The summed E-state index contributed by atoms with van der Waals surface area (Å²) in [5.41, 5.74) is 3.47. The van der Waals surface area contributed by atoms with Crippen LogP contribution in [0.2, 0.25) is 0 Å². The van der Waals surface area contributed by atoms with Crippen LogP contribution < -0.4 is 4.74 Å². The van der Waals surface area contributed by atoms with E-state index in [1.54, 1.807) is 6.20 Å². The highest BCUT2D eigenvalue weighted by Crippen LogP contribution is 2.35. The SMILES string of the molecule is CC1(C)CCc2cc(-c3ccn[nH]3)ccc2O1. The topological polar surface area (TPSA) is 37.9 Å². The van der Waals surface area contributed by atoms with E-state index in [9.17, 15) is 0 Å². The summed E-state index contributed by atoms with van der Waals surface area (Å²) in [5, 5.41) is 6.96. The summed E-state index contributed by atoms with van der Waals surface area (Å²) in [7, 11) is 0. The molecule has 0 unspecified atom stereocenters. The molecule has 1 aromatic heterocycles. The molecule has 3 rings (SSSR count). The van der Waals surface area contributed by atoms with Crippen molar-refractivity contribution in [3.05, 3.63) is 36.0 Å². The van der Waals surface area contributed by atoms with Gasteiger partial charge in [-0.1, -0.05) is 0 Å². The molecule has 0 saturated carbocycles. The summed E-state index contributed by atoms with van der Waals surface area (Å²) in [6.07, 6.45) is 3.91. The van der Waals surface area contributed by atoms with Gasteiger partial charge in [0.15, 0.2) is 0 Å². The van der Waals surface area contributed by atoms with Crippen molar-refractivity contribution in [1.29, 1.82) is 0 Å². The van der Waals surface area contributed by atoms with Crippen molar-refractivity contribution in [2.75, 3.05) is 0 Å². The van der Waals surface area contributed by atoms with Crippen molar-refractivity contribution in [2.24, 2.45) is 0 Å². The molecular weight excluding hydrogens is 212 g/mol. The van der Waals surface area contributed by atoms with Crippen molar-refractivity contribution in [1.82, 2.24) is 10.2 Å². The lowest BCUT2D eigenvalue weighted by molar-refractivity contribution is 0.0847. The van der Waals surface area contributed by atoms with Gasteiger partial charge < -0.3 is 4.74 Å². The van der Waals surface area contributed by atoms with E-state index in [1.807, 2.05) is 6.07 Å². The van der Waals surface area contributed by atoms with Crippen molar-refractivity contribution in [3.8, 4) is 17.0 Å². The van der Waals surface area contributed by atoms with Crippen LogP contribution in [0, 0.1) is 0 Å². The number of aromatic amines is 1. The Morgan fingerprint density at radius 3 is 2.94 bits per heavy atom. The maximum atomic E-state index is 5.97. The summed E-state index contributed by atoms with van der Waals surface area (Å²) in [5.74, 6) is 1.02. The molecular formula is C14H16N2O. The van der Waals surface area contributed by atoms with E-state index in [0.29, 0.717) is 0 Å². The number of aryl methyl sites for hydroxylation is 1. The fourth-order valence-corrected chi connectivity index (χ4v) is 2.24. The molecule has 1 N–H and O–H groups in total. The van der Waals surface area contributed by atoms with Gasteiger partial charge in [0.05, 0.1) is 5.69 Å². The lowest BCUT2D eigenvalue weighted by Crippen LogP contribution is -2.32. The Balaban J connectivity index is 1.99. The number of rotatable bonds is 1. The van der Waals surface area contributed by atoms with E-state index in [4.69, 9.17) is 4.74 Å². The molecule has 2 aromatic rings. The Hall–Kier alpha value is -1.77. The summed E-state index contributed by atoms with van der Waals surface area (Å²) in [6, 6.07) is 8.31. The van der Waals surface area contributed by atoms with Crippen molar-refractivity contribution in [3.63, 3.8) is 0 Å². The summed E-state index contributed by atoms with van der Waals surface area (Å²) >= 11 is 0. The number of aromatic nitrogens is 2. The number of nitrogens with zero attached hydrogens (tertiary/aromatic N) is 1. The minimum absolute atomic E-state index is 0.0392. The highest BCUT2D eigenvalue weighted by molar-refractivity contribution is 5.62.